The lowest BCUT2D eigenvalue weighted by molar-refractivity contribution is -0.115. The van der Waals surface area contributed by atoms with Crippen LogP contribution >= 0.6 is 23.2 Å². The molecule has 1 saturated heterocycles. The molecule has 0 aromatic heterocycles. The maximum atomic E-state index is 10.8. The van der Waals surface area contributed by atoms with Gasteiger partial charge in [0.05, 0.1) is 10.0 Å². The Bertz CT molecular complexity index is 814. The molecule has 0 radical (unpaired) electrons. The van der Waals surface area contributed by atoms with E-state index in [1.54, 1.807) is 6.07 Å². The highest BCUT2D eigenvalue weighted by Crippen LogP contribution is 2.43. The van der Waals surface area contributed by atoms with E-state index in [0.717, 1.165) is 37.2 Å². The minimum Gasteiger partial charge on any atom is -0.489 e. The molecule has 1 saturated carbocycles. The molecule has 2 aromatic rings. The first-order valence-corrected chi connectivity index (χ1v) is 9.75. The Kier molecular flexibility index (Phi) is 5.21. The average molecular weight is 390 g/mol. The summed E-state index contributed by atoms with van der Waals surface area (Å²) in [6.07, 6.45) is 3.57. The molecule has 2 fully saturated rings. The van der Waals surface area contributed by atoms with Gasteiger partial charge in [0.25, 0.3) is 0 Å². The van der Waals surface area contributed by atoms with E-state index in [-0.39, 0.29) is 5.92 Å². The lowest BCUT2D eigenvalue weighted by atomic mass is 9.97. The van der Waals surface area contributed by atoms with E-state index in [4.69, 9.17) is 27.9 Å². The number of ether oxygens (including phenoxy) is 1. The van der Waals surface area contributed by atoms with Crippen molar-refractivity contribution in [3.8, 4) is 5.75 Å². The Morgan fingerprint density at radius 3 is 2.58 bits per heavy atom. The molecule has 1 aliphatic heterocycles. The van der Waals surface area contributed by atoms with Gasteiger partial charge in [0.15, 0.2) is 0 Å². The molecule has 0 atom stereocenters. The first-order valence-electron chi connectivity index (χ1n) is 8.99. The predicted octanol–water partition coefficient (Wildman–Crippen LogP) is 5.08. The Labute approximate surface area is 163 Å². The lowest BCUT2D eigenvalue weighted by Gasteiger charge is -2.36. The molecule has 0 N–H and O–H groups in total. The molecule has 0 bridgehead atoms. The number of hydrogen-bond acceptors (Lipinski definition) is 3. The first kappa shape index (κ1) is 17.8. The third-order valence-corrected chi connectivity index (χ3v) is 5.83. The van der Waals surface area contributed by atoms with Gasteiger partial charge in [-0.1, -0.05) is 35.3 Å². The zero-order valence-electron chi connectivity index (χ0n) is 14.5. The Morgan fingerprint density at radius 1 is 1.08 bits per heavy atom. The van der Waals surface area contributed by atoms with Gasteiger partial charge in [-0.3, -0.25) is 4.90 Å². The Morgan fingerprint density at radius 2 is 1.88 bits per heavy atom. The maximum absolute atomic E-state index is 10.8. The Balaban J connectivity index is 1.43. The summed E-state index contributed by atoms with van der Waals surface area (Å²) < 4.78 is 5.98. The molecule has 2 aliphatic rings. The molecule has 0 amide bonds. The summed E-state index contributed by atoms with van der Waals surface area (Å²) in [5.74, 6) is 1.76. The first-order chi connectivity index (χ1) is 12.6. The number of hydrogen-bond donors (Lipinski definition) is 0. The van der Waals surface area contributed by atoms with Crippen LogP contribution < -0.4 is 4.74 Å². The van der Waals surface area contributed by atoms with Crippen molar-refractivity contribution in [3.63, 3.8) is 0 Å². The summed E-state index contributed by atoms with van der Waals surface area (Å²) in [4.78, 5) is 13.1. The monoisotopic (exact) mass is 389 g/mol. The SMILES string of the molecule is O=CC1CN(Cc2ccc(OCc3ccc(Cl)c(Cl)c3)cc2C2CC2)C1. The number of carbonyl (C=O) groups is 1. The predicted molar refractivity (Wildman–Crippen MR) is 104 cm³/mol. The second-order valence-electron chi connectivity index (χ2n) is 7.26. The largest absolute Gasteiger partial charge is 0.489 e. The van der Waals surface area contributed by atoms with Crippen molar-refractivity contribution >= 4 is 29.5 Å². The number of halogens is 2. The van der Waals surface area contributed by atoms with E-state index >= 15 is 0 Å². The summed E-state index contributed by atoms with van der Waals surface area (Å²) in [5.41, 5.74) is 3.75. The number of nitrogens with zero attached hydrogens (tertiary/aromatic N) is 1. The van der Waals surface area contributed by atoms with Gasteiger partial charge in [0.2, 0.25) is 0 Å². The van der Waals surface area contributed by atoms with E-state index in [9.17, 15) is 4.79 Å². The van der Waals surface area contributed by atoms with Crippen LogP contribution in [0, 0.1) is 5.92 Å². The molecular formula is C21H21Cl2NO2. The third-order valence-electron chi connectivity index (χ3n) is 5.10. The highest BCUT2D eigenvalue weighted by Gasteiger charge is 2.30. The van der Waals surface area contributed by atoms with Crippen molar-refractivity contribution in [2.45, 2.75) is 31.9 Å². The van der Waals surface area contributed by atoms with Gasteiger partial charge in [-0.15, -0.1) is 0 Å². The van der Waals surface area contributed by atoms with Crippen molar-refractivity contribution in [2.75, 3.05) is 13.1 Å². The smallest absolute Gasteiger partial charge is 0.125 e. The van der Waals surface area contributed by atoms with Crippen LogP contribution in [-0.2, 0) is 17.9 Å². The van der Waals surface area contributed by atoms with Crippen LogP contribution in [0.15, 0.2) is 36.4 Å². The molecule has 1 aliphatic carbocycles. The van der Waals surface area contributed by atoms with Gasteiger partial charge in [0, 0.05) is 25.6 Å². The normalized spacial score (nSPS) is 17.8. The molecule has 1 heterocycles. The van der Waals surface area contributed by atoms with Crippen LogP contribution in [-0.4, -0.2) is 24.3 Å². The molecule has 5 heteroatoms. The van der Waals surface area contributed by atoms with Gasteiger partial charge in [-0.05, 0) is 59.7 Å². The summed E-state index contributed by atoms with van der Waals surface area (Å²) in [6, 6.07) is 12.0. The minimum absolute atomic E-state index is 0.216. The number of aldehydes is 1. The van der Waals surface area contributed by atoms with Crippen molar-refractivity contribution in [2.24, 2.45) is 5.92 Å². The topological polar surface area (TPSA) is 29.5 Å². The average Bonchev–Trinajstić information content (AvgIpc) is 3.44. The number of benzene rings is 2. The van der Waals surface area contributed by atoms with Crippen LogP contribution in [0.3, 0.4) is 0 Å². The van der Waals surface area contributed by atoms with Crippen LogP contribution in [0.2, 0.25) is 10.0 Å². The number of likely N-dealkylation sites (tertiary alicyclic amines) is 1. The zero-order valence-corrected chi connectivity index (χ0v) is 16.0. The highest BCUT2D eigenvalue weighted by atomic mass is 35.5. The summed E-state index contributed by atoms with van der Waals surface area (Å²) in [7, 11) is 0. The van der Waals surface area contributed by atoms with Crippen molar-refractivity contribution in [1.82, 2.24) is 4.90 Å². The van der Waals surface area contributed by atoms with Gasteiger partial charge in [-0.25, -0.2) is 0 Å². The number of rotatable bonds is 7. The van der Waals surface area contributed by atoms with Crippen LogP contribution in [0.5, 0.6) is 5.75 Å². The molecule has 136 valence electrons. The van der Waals surface area contributed by atoms with E-state index in [1.807, 2.05) is 18.2 Å². The van der Waals surface area contributed by atoms with Gasteiger partial charge in [-0.2, -0.15) is 0 Å². The van der Waals surface area contributed by atoms with Gasteiger partial charge >= 0.3 is 0 Å². The fraction of sp³-hybridized carbons (Fsp3) is 0.381. The molecule has 3 nitrogen and oxygen atoms in total. The highest BCUT2D eigenvalue weighted by molar-refractivity contribution is 6.42. The van der Waals surface area contributed by atoms with Crippen LogP contribution in [0.1, 0.15) is 35.4 Å². The second-order valence-corrected chi connectivity index (χ2v) is 8.08. The quantitative estimate of drug-likeness (QED) is 0.618. The van der Waals surface area contributed by atoms with Crippen molar-refractivity contribution < 1.29 is 9.53 Å². The maximum Gasteiger partial charge on any atom is 0.125 e. The molecule has 0 unspecified atom stereocenters. The van der Waals surface area contributed by atoms with E-state index in [0.29, 0.717) is 22.6 Å². The summed E-state index contributed by atoms with van der Waals surface area (Å²) >= 11 is 12.0. The van der Waals surface area contributed by atoms with Crippen molar-refractivity contribution in [3.05, 3.63) is 63.1 Å². The summed E-state index contributed by atoms with van der Waals surface area (Å²) in [5, 5.41) is 1.10. The second kappa shape index (κ2) is 7.59. The molecule has 0 spiro atoms. The van der Waals surface area contributed by atoms with E-state index in [1.165, 1.54) is 24.0 Å². The molecule has 26 heavy (non-hydrogen) atoms. The van der Waals surface area contributed by atoms with Gasteiger partial charge < -0.3 is 9.53 Å². The summed E-state index contributed by atoms with van der Waals surface area (Å²) in [6.45, 7) is 3.14. The van der Waals surface area contributed by atoms with Crippen LogP contribution in [0.4, 0.5) is 0 Å². The molecule has 4 rings (SSSR count). The fourth-order valence-electron chi connectivity index (χ4n) is 3.44. The minimum atomic E-state index is 0.216. The van der Waals surface area contributed by atoms with Gasteiger partial charge in [0.1, 0.15) is 18.6 Å². The van der Waals surface area contributed by atoms with Crippen LogP contribution in [0.25, 0.3) is 0 Å². The van der Waals surface area contributed by atoms with Crippen molar-refractivity contribution in [1.29, 1.82) is 0 Å². The number of carbonyl (C=O) groups excluding carboxylic acids is 1. The third kappa shape index (κ3) is 4.06. The lowest BCUT2D eigenvalue weighted by Crippen LogP contribution is -2.46. The standard InChI is InChI=1S/C21H21Cl2NO2/c22-20-6-1-14(7-21(20)23)13-26-18-5-4-17(19(8-18)16-2-3-16)11-24-9-15(10-24)12-25/h1,4-8,12,15-16H,2-3,9-11,13H2. The zero-order chi connectivity index (χ0) is 18.1. The molecule has 2 aromatic carbocycles. The fourth-order valence-corrected chi connectivity index (χ4v) is 3.76. The Hall–Kier alpha value is -1.55. The molecular weight excluding hydrogens is 369 g/mol. The van der Waals surface area contributed by atoms with E-state index < -0.39 is 0 Å². The van der Waals surface area contributed by atoms with E-state index in [2.05, 4.69) is 17.0 Å².